The van der Waals surface area contributed by atoms with Crippen LogP contribution in [0.1, 0.15) is 116 Å². The Kier molecular flexibility index (Phi) is 25.5. The summed E-state index contributed by atoms with van der Waals surface area (Å²) in [6, 6.07) is 0. The van der Waals surface area contributed by atoms with Crippen molar-refractivity contribution in [1.82, 2.24) is 0 Å². The Labute approximate surface area is 235 Å². The molecule has 1 unspecified atom stereocenters. The number of rotatable bonds is 29. The van der Waals surface area contributed by atoms with Gasteiger partial charge in [0.2, 0.25) is 0 Å². The number of allylic oxidation sites excluding steroid dienone is 2. The van der Waals surface area contributed by atoms with E-state index in [4.69, 9.17) is 18.5 Å². The van der Waals surface area contributed by atoms with Gasteiger partial charge >= 0.3 is 0 Å². The molecule has 0 aromatic heterocycles. The largest absolute Gasteiger partial charge is 0.756 e. The predicted molar refractivity (Wildman–Crippen MR) is 157 cm³/mol. The van der Waals surface area contributed by atoms with Gasteiger partial charge in [-0.1, -0.05) is 96.1 Å². The molecule has 0 saturated carbocycles. The molecular weight excluding hydrogens is 501 g/mol. The second-order valence-electron chi connectivity index (χ2n) is 11.5. The molecule has 0 aromatic carbocycles. The normalized spacial score (nSPS) is 14.8. The number of nitrogens with zero attached hydrogens (tertiary/aromatic N) is 1. The number of phosphoric ester groups is 1. The van der Waals surface area contributed by atoms with Crippen LogP contribution >= 0.6 is 7.82 Å². The van der Waals surface area contributed by atoms with E-state index in [2.05, 4.69) is 19.1 Å². The average Bonchev–Trinajstić information content (AvgIpc) is 2.85. The van der Waals surface area contributed by atoms with Crippen molar-refractivity contribution in [3.05, 3.63) is 12.2 Å². The summed E-state index contributed by atoms with van der Waals surface area (Å²) in [5.74, 6) is 0. The van der Waals surface area contributed by atoms with Crippen molar-refractivity contribution in [1.29, 1.82) is 0 Å². The molecular formula is C30H62NO6P. The van der Waals surface area contributed by atoms with E-state index in [1.807, 2.05) is 21.1 Å². The average molecular weight is 564 g/mol. The molecule has 38 heavy (non-hydrogen) atoms. The zero-order chi connectivity index (χ0) is 28.4. The molecule has 0 bridgehead atoms. The van der Waals surface area contributed by atoms with Crippen LogP contribution < -0.4 is 4.89 Å². The minimum atomic E-state index is -4.33. The summed E-state index contributed by atoms with van der Waals surface area (Å²) in [5, 5.41) is 0. The first-order chi connectivity index (χ1) is 18.2. The molecule has 7 nitrogen and oxygen atoms in total. The van der Waals surface area contributed by atoms with Gasteiger partial charge in [-0.15, -0.1) is 0 Å². The molecule has 0 aliphatic heterocycles. The second kappa shape index (κ2) is 25.7. The standard InChI is InChI=1S/C30H62NO6P/c1-6-7-8-9-10-11-12-13-14-15-16-17-18-19-20-21-22-23-24-26-35-28-30(34-5)29-37-38(32,33)36-27-25-31(2,3)4/h13-14,30H,6-12,15-29H2,1-5H3/b14-13-/t30-/m1/s1. The molecule has 0 amide bonds. The third-order valence-corrected chi connectivity index (χ3v) is 7.58. The van der Waals surface area contributed by atoms with Crippen molar-refractivity contribution in [2.45, 2.75) is 122 Å². The van der Waals surface area contributed by atoms with Crippen LogP contribution in [0.25, 0.3) is 0 Å². The maximum atomic E-state index is 11.9. The van der Waals surface area contributed by atoms with Crippen LogP contribution in [-0.4, -0.2) is 71.8 Å². The summed E-state index contributed by atoms with van der Waals surface area (Å²) in [6.45, 7) is 3.80. The molecule has 0 rings (SSSR count). The van der Waals surface area contributed by atoms with Crippen LogP contribution in [-0.2, 0) is 23.1 Å². The van der Waals surface area contributed by atoms with E-state index in [0.29, 0.717) is 24.2 Å². The van der Waals surface area contributed by atoms with Gasteiger partial charge in [-0.05, 0) is 32.1 Å². The van der Waals surface area contributed by atoms with Crippen LogP contribution in [0.4, 0.5) is 0 Å². The first-order valence-corrected chi connectivity index (χ1v) is 16.8. The molecule has 228 valence electrons. The molecule has 0 fully saturated rings. The van der Waals surface area contributed by atoms with Gasteiger partial charge in [-0.25, -0.2) is 0 Å². The molecule has 0 heterocycles. The fourth-order valence-electron chi connectivity index (χ4n) is 4.02. The smallest absolute Gasteiger partial charge is 0.268 e. The van der Waals surface area contributed by atoms with E-state index >= 15 is 0 Å². The van der Waals surface area contributed by atoms with E-state index in [0.717, 1.165) is 12.8 Å². The molecule has 0 aliphatic carbocycles. The highest BCUT2D eigenvalue weighted by atomic mass is 31.2. The second-order valence-corrected chi connectivity index (χ2v) is 12.9. The fourth-order valence-corrected chi connectivity index (χ4v) is 4.75. The number of hydrogen-bond acceptors (Lipinski definition) is 6. The summed E-state index contributed by atoms with van der Waals surface area (Å²) >= 11 is 0. The van der Waals surface area contributed by atoms with Crippen molar-refractivity contribution < 1.29 is 32.5 Å². The minimum absolute atomic E-state index is 0.0927. The molecule has 0 N–H and O–H groups in total. The molecule has 0 radical (unpaired) electrons. The zero-order valence-electron chi connectivity index (χ0n) is 25.6. The lowest BCUT2D eigenvalue weighted by Gasteiger charge is -2.28. The topological polar surface area (TPSA) is 77.1 Å². The Balaban J connectivity index is 3.48. The van der Waals surface area contributed by atoms with Crippen molar-refractivity contribution in [3.8, 4) is 0 Å². The summed E-state index contributed by atoms with van der Waals surface area (Å²) in [6.07, 6.45) is 26.5. The summed E-state index contributed by atoms with van der Waals surface area (Å²) in [7, 11) is 3.11. The highest BCUT2D eigenvalue weighted by molar-refractivity contribution is 7.45. The van der Waals surface area contributed by atoms with Crippen LogP contribution in [0, 0.1) is 0 Å². The Morgan fingerprint density at radius 2 is 1.21 bits per heavy atom. The number of ether oxygens (including phenoxy) is 2. The van der Waals surface area contributed by atoms with Gasteiger partial charge in [0.15, 0.2) is 0 Å². The highest BCUT2D eigenvalue weighted by Crippen LogP contribution is 2.38. The molecule has 8 heteroatoms. The molecule has 0 spiro atoms. The fraction of sp³-hybridized carbons (Fsp3) is 0.933. The molecule has 0 saturated heterocycles. The van der Waals surface area contributed by atoms with E-state index in [1.165, 1.54) is 103 Å². The Hall–Kier alpha value is -0.270. The zero-order valence-corrected chi connectivity index (χ0v) is 26.5. The van der Waals surface area contributed by atoms with E-state index < -0.39 is 13.9 Å². The number of methoxy groups -OCH3 is 1. The summed E-state index contributed by atoms with van der Waals surface area (Å²) in [5.41, 5.74) is 0. The molecule has 0 aliphatic rings. The monoisotopic (exact) mass is 563 g/mol. The summed E-state index contributed by atoms with van der Waals surface area (Å²) in [4.78, 5) is 11.9. The van der Waals surface area contributed by atoms with Crippen molar-refractivity contribution in [2.75, 3.05) is 61.2 Å². The van der Waals surface area contributed by atoms with Crippen LogP contribution in [0.15, 0.2) is 12.2 Å². The van der Waals surface area contributed by atoms with Gasteiger partial charge in [0.1, 0.15) is 19.3 Å². The maximum absolute atomic E-state index is 11.9. The molecule has 2 atom stereocenters. The van der Waals surface area contributed by atoms with Gasteiger partial charge in [0, 0.05) is 13.7 Å². The van der Waals surface area contributed by atoms with Crippen molar-refractivity contribution in [2.24, 2.45) is 0 Å². The first-order valence-electron chi connectivity index (χ1n) is 15.4. The number of quaternary nitrogens is 1. The highest BCUT2D eigenvalue weighted by Gasteiger charge is 2.16. The summed E-state index contributed by atoms with van der Waals surface area (Å²) < 4.78 is 33.3. The van der Waals surface area contributed by atoms with Crippen LogP contribution in [0.5, 0.6) is 0 Å². The third kappa shape index (κ3) is 28.7. The van der Waals surface area contributed by atoms with Crippen molar-refractivity contribution >= 4 is 7.82 Å². The first kappa shape index (κ1) is 37.7. The SMILES string of the molecule is CCCCCCCC/C=C\CCCCCCCCCCCOC[C@H](COP(=O)([O-])OCC[N+](C)(C)C)OC. The Morgan fingerprint density at radius 1 is 0.711 bits per heavy atom. The predicted octanol–water partition coefficient (Wildman–Crippen LogP) is 7.43. The van der Waals surface area contributed by atoms with E-state index in [-0.39, 0.29) is 13.2 Å². The van der Waals surface area contributed by atoms with Gasteiger partial charge in [-0.2, -0.15) is 0 Å². The lowest BCUT2D eigenvalue weighted by atomic mass is 10.1. The Morgan fingerprint density at radius 3 is 1.71 bits per heavy atom. The van der Waals surface area contributed by atoms with Gasteiger partial charge in [0.05, 0.1) is 34.4 Å². The lowest BCUT2D eigenvalue weighted by molar-refractivity contribution is -0.870. The van der Waals surface area contributed by atoms with Crippen LogP contribution in [0.2, 0.25) is 0 Å². The quantitative estimate of drug-likeness (QED) is 0.0408. The third-order valence-electron chi connectivity index (χ3n) is 6.62. The van der Waals surface area contributed by atoms with Gasteiger partial charge in [-0.3, -0.25) is 4.57 Å². The number of phosphoric acid groups is 1. The lowest BCUT2D eigenvalue weighted by Crippen LogP contribution is -2.37. The number of unbranched alkanes of at least 4 members (excludes halogenated alkanes) is 15. The van der Waals surface area contributed by atoms with E-state index in [1.54, 1.807) is 0 Å². The minimum Gasteiger partial charge on any atom is -0.756 e. The van der Waals surface area contributed by atoms with Crippen LogP contribution in [0.3, 0.4) is 0 Å². The Bertz CT molecular complexity index is 582. The molecule has 0 aromatic rings. The number of likely N-dealkylation sites (N-methyl/N-ethyl adjacent to an activating group) is 1. The van der Waals surface area contributed by atoms with Gasteiger partial charge in [0.25, 0.3) is 7.82 Å². The van der Waals surface area contributed by atoms with Gasteiger partial charge < -0.3 is 27.9 Å². The number of hydrogen-bond donors (Lipinski definition) is 0. The maximum Gasteiger partial charge on any atom is 0.268 e. The van der Waals surface area contributed by atoms with Crippen molar-refractivity contribution in [3.63, 3.8) is 0 Å². The van der Waals surface area contributed by atoms with E-state index in [9.17, 15) is 9.46 Å².